The van der Waals surface area contributed by atoms with Crippen LogP contribution in [0.3, 0.4) is 0 Å². The van der Waals surface area contributed by atoms with Crippen LogP contribution in [0.2, 0.25) is 0 Å². The summed E-state index contributed by atoms with van der Waals surface area (Å²) in [7, 11) is -5.01. The molecular formula is C33H42N9O11S2+. The molecule has 0 aliphatic carbocycles. The van der Waals surface area contributed by atoms with Gasteiger partial charge in [0.25, 0.3) is 17.9 Å². The molecule has 3 aliphatic rings. The SMILES string of the molecule is CC1(C)[C@H](CC(=O)/C(=N\O[C@@H](COc2ccc(N3CCc4c(c[n+](CC5CNC5)n4CCCN)C3=O)cc2)C(=O)O)c2csc(N)n2)C(=O)N1OS(=O)(=O)O. The predicted molar refractivity (Wildman–Crippen MR) is 194 cm³/mol. The fourth-order valence-electron chi connectivity index (χ4n) is 6.58. The Labute approximate surface area is 319 Å². The molecule has 3 aliphatic heterocycles. The number of hydrogen-bond donors (Lipinski definition) is 5. The molecule has 2 atom stereocenters. The summed E-state index contributed by atoms with van der Waals surface area (Å²) in [4.78, 5) is 62.9. The van der Waals surface area contributed by atoms with Crippen LogP contribution in [-0.2, 0) is 53.4 Å². The summed E-state index contributed by atoms with van der Waals surface area (Å²) in [5.74, 6) is -3.59. The van der Waals surface area contributed by atoms with Crippen LogP contribution in [0.1, 0.15) is 48.4 Å². The summed E-state index contributed by atoms with van der Waals surface area (Å²) >= 11 is 0.976. The van der Waals surface area contributed by atoms with Crippen LogP contribution < -0.4 is 31.1 Å². The molecular weight excluding hydrogens is 763 g/mol. The number of carboxylic acid groups (broad SMARTS) is 1. The maximum Gasteiger partial charge on any atom is 0.418 e. The summed E-state index contributed by atoms with van der Waals surface area (Å²) < 4.78 is 45.7. The molecule has 20 nitrogen and oxygen atoms in total. The van der Waals surface area contributed by atoms with Gasteiger partial charge in [-0.1, -0.05) is 5.16 Å². The minimum atomic E-state index is -5.01. The highest BCUT2D eigenvalue weighted by molar-refractivity contribution is 7.80. The third-order valence-electron chi connectivity index (χ3n) is 9.70. The number of aromatic nitrogens is 3. The third-order valence-corrected chi connectivity index (χ3v) is 10.7. The number of nitrogens with two attached hydrogens (primary N) is 2. The lowest BCUT2D eigenvalue weighted by Crippen LogP contribution is -2.68. The predicted octanol–water partition coefficient (Wildman–Crippen LogP) is -0.231. The van der Waals surface area contributed by atoms with Gasteiger partial charge in [-0.05, 0) is 51.1 Å². The molecule has 22 heteroatoms. The van der Waals surface area contributed by atoms with E-state index < -0.39 is 64.4 Å². The number of aliphatic carboxylic acids is 1. The fraction of sp³-hybridized carbons (Fsp3) is 0.485. The molecule has 3 aromatic rings. The molecule has 2 aromatic heterocycles. The number of nitrogen functional groups attached to an aromatic ring is 1. The fourth-order valence-corrected chi connectivity index (χ4v) is 7.58. The highest BCUT2D eigenvalue weighted by Gasteiger charge is 2.57. The summed E-state index contributed by atoms with van der Waals surface area (Å²) in [6.07, 6.45) is 1.16. The molecule has 7 N–H and O–H groups in total. The second-order valence-electron chi connectivity index (χ2n) is 13.8. The number of ether oxygens (including phenoxy) is 1. The first kappa shape index (κ1) is 39.7. The van der Waals surface area contributed by atoms with Crippen LogP contribution in [0.5, 0.6) is 5.75 Å². The minimum Gasteiger partial charge on any atom is -0.489 e. The van der Waals surface area contributed by atoms with Crippen LogP contribution in [0.15, 0.2) is 41.0 Å². The van der Waals surface area contributed by atoms with E-state index in [2.05, 4.69) is 29.1 Å². The lowest BCUT2D eigenvalue weighted by atomic mass is 9.74. The summed E-state index contributed by atoms with van der Waals surface area (Å²) in [6.45, 7) is 6.73. The number of anilines is 2. The van der Waals surface area contributed by atoms with Gasteiger partial charge in [0.15, 0.2) is 23.2 Å². The standard InChI is InChI=1S/C33H41N9O11S2/c1-33(2)23(30(45)42(33)53-55(48,49)50)12-26(43)28(24-18-54-32(35)37-24)38-52-27(31(46)47)17-51-21-6-4-20(5-7-21)40-11-8-25-22(29(40)44)16-39(15-19-13-36-14-19)41(25)10-3-9-34/h4-7,16,18-19,23,27,36H,3,8-15,17,34H2,1-2H3,(H3-,35,37,46,47,48,49,50)/p+1/b38-28-/t23-,27+/m1/s1. The molecule has 296 valence electrons. The number of amides is 2. The zero-order valence-corrected chi connectivity index (χ0v) is 31.6. The van der Waals surface area contributed by atoms with Gasteiger partial charge in [-0.2, -0.15) is 18.2 Å². The van der Waals surface area contributed by atoms with Gasteiger partial charge in [-0.15, -0.1) is 20.3 Å². The maximum absolute atomic E-state index is 13.7. The topological polar surface area (TPSA) is 275 Å². The number of nitrogens with one attached hydrogen (secondary N) is 1. The van der Waals surface area contributed by atoms with Crippen LogP contribution in [0, 0.1) is 11.8 Å². The Morgan fingerprint density at radius 1 is 1.22 bits per heavy atom. The first-order valence-electron chi connectivity index (χ1n) is 17.4. The molecule has 0 unspecified atom stereocenters. The van der Waals surface area contributed by atoms with Crippen LogP contribution in [-0.4, -0.2) is 107 Å². The number of nitrogens with zero attached hydrogens (tertiary/aromatic N) is 6. The molecule has 2 fully saturated rings. The molecule has 2 amide bonds. The van der Waals surface area contributed by atoms with Crippen molar-refractivity contribution in [2.45, 2.75) is 57.8 Å². The number of thiazole rings is 1. The van der Waals surface area contributed by atoms with E-state index in [0.29, 0.717) is 41.7 Å². The third kappa shape index (κ3) is 8.63. The lowest BCUT2D eigenvalue weighted by molar-refractivity contribution is -0.781. The Balaban J connectivity index is 1.11. The Hall–Kier alpha value is -5.00. The zero-order valence-electron chi connectivity index (χ0n) is 30.0. The first-order valence-corrected chi connectivity index (χ1v) is 19.6. The number of oxime groups is 1. The molecule has 0 radical (unpaired) electrons. The van der Waals surface area contributed by atoms with Crippen molar-refractivity contribution in [1.29, 1.82) is 0 Å². The number of β-lactam (4-membered cyclic amide) rings is 1. The van der Waals surface area contributed by atoms with Crippen LogP contribution in [0.25, 0.3) is 0 Å². The number of hydrogen-bond acceptors (Lipinski definition) is 15. The quantitative estimate of drug-likeness (QED) is 0.0365. The number of carbonyl (C=O) groups excluding carboxylic acids is 3. The molecule has 1 aromatic carbocycles. The minimum absolute atomic E-state index is 0.0410. The average molecular weight is 805 g/mol. The van der Waals surface area contributed by atoms with E-state index >= 15 is 0 Å². The van der Waals surface area contributed by atoms with E-state index in [1.165, 1.54) is 19.2 Å². The van der Waals surface area contributed by atoms with Crippen molar-refractivity contribution in [2.75, 3.05) is 43.4 Å². The second-order valence-corrected chi connectivity index (χ2v) is 15.7. The van der Waals surface area contributed by atoms with E-state index in [1.807, 2.05) is 6.20 Å². The van der Waals surface area contributed by atoms with E-state index in [0.717, 1.165) is 49.6 Å². The Morgan fingerprint density at radius 2 is 1.95 bits per heavy atom. The first-order chi connectivity index (χ1) is 26.1. The van der Waals surface area contributed by atoms with E-state index in [1.54, 1.807) is 29.2 Å². The largest absolute Gasteiger partial charge is 0.489 e. The number of carboxylic acids is 1. The Morgan fingerprint density at radius 3 is 2.53 bits per heavy atom. The van der Waals surface area contributed by atoms with Crippen LogP contribution >= 0.6 is 11.3 Å². The number of hydroxylamine groups is 2. The highest BCUT2D eigenvalue weighted by atomic mass is 32.3. The molecule has 5 heterocycles. The molecule has 55 heavy (non-hydrogen) atoms. The van der Waals surface area contributed by atoms with E-state index in [9.17, 15) is 32.7 Å². The van der Waals surface area contributed by atoms with Crippen molar-refractivity contribution in [3.05, 3.63) is 52.8 Å². The molecule has 0 saturated carbocycles. The number of rotatable bonds is 18. The second kappa shape index (κ2) is 16.0. The summed E-state index contributed by atoms with van der Waals surface area (Å²) in [5.41, 5.74) is 12.0. The number of ketones is 1. The summed E-state index contributed by atoms with van der Waals surface area (Å²) in [5, 5.41) is 18.9. The van der Waals surface area contributed by atoms with Crippen molar-refractivity contribution in [3.8, 4) is 5.75 Å². The van der Waals surface area contributed by atoms with Gasteiger partial charge >= 0.3 is 16.4 Å². The van der Waals surface area contributed by atoms with Gasteiger partial charge in [0.05, 0.1) is 23.7 Å². The van der Waals surface area contributed by atoms with Gasteiger partial charge in [0, 0.05) is 49.5 Å². The average Bonchev–Trinajstić information content (AvgIpc) is 3.71. The van der Waals surface area contributed by atoms with Gasteiger partial charge in [0.2, 0.25) is 6.20 Å². The lowest BCUT2D eigenvalue weighted by Gasteiger charge is -2.50. The Bertz CT molecular complexity index is 2100. The molecule has 2 saturated heterocycles. The smallest absolute Gasteiger partial charge is 0.418 e. The maximum atomic E-state index is 13.7. The summed E-state index contributed by atoms with van der Waals surface area (Å²) in [6, 6.07) is 6.58. The van der Waals surface area contributed by atoms with Gasteiger partial charge in [-0.3, -0.25) is 18.9 Å². The van der Waals surface area contributed by atoms with Crippen molar-refractivity contribution in [1.82, 2.24) is 20.0 Å². The van der Waals surface area contributed by atoms with Crippen molar-refractivity contribution in [2.24, 2.45) is 22.7 Å². The van der Waals surface area contributed by atoms with Crippen molar-refractivity contribution < 1.29 is 55.8 Å². The number of carbonyl (C=O) groups is 4. The number of fused-ring (bicyclic) bond motifs is 1. The Kier molecular flexibility index (Phi) is 11.5. The monoisotopic (exact) mass is 804 g/mol. The van der Waals surface area contributed by atoms with Crippen molar-refractivity contribution >= 4 is 61.8 Å². The molecule has 0 spiro atoms. The molecule has 0 bridgehead atoms. The number of Topliss-reactive ketones (excluding diaryl/α,β-unsaturated/α-hetero) is 1. The zero-order chi connectivity index (χ0) is 39.7. The van der Waals surface area contributed by atoms with Gasteiger partial charge in [0.1, 0.15) is 23.6 Å². The number of benzene rings is 1. The van der Waals surface area contributed by atoms with Crippen LogP contribution in [0.4, 0.5) is 10.8 Å². The van der Waals surface area contributed by atoms with E-state index in [-0.39, 0.29) is 22.5 Å². The normalized spacial score (nSPS) is 19.1. The van der Waals surface area contributed by atoms with E-state index in [4.69, 9.17) is 25.6 Å². The van der Waals surface area contributed by atoms with Gasteiger partial charge < -0.3 is 36.4 Å². The van der Waals surface area contributed by atoms with Crippen molar-refractivity contribution in [3.63, 3.8) is 0 Å². The highest BCUT2D eigenvalue weighted by Crippen LogP contribution is 2.40. The molecule has 6 rings (SSSR count). The van der Waals surface area contributed by atoms with Gasteiger partial charge in [-0.25, -0.2) is 9.78 Å².